The van der Waals surface area contributed by atoms with Crippen molar-refractivity contribution in [3.05, 3.63) is 0 Å². The number of methoxy groups -OCH3 is 1. The first-order valence-corrected chi connectivity index (χ1v) is 6.96. The normalized spacial score (nSPS) is 14.8. The summed E-state index contributed by atoms with van der Waals surface area (Å²) in [6.07, 6.45) is 6.26. The second-order valence-corrected chi connectivity index (χ2v) is 4.84. The van der Waals surface area contributed by atoms with Gasteiger partial charge in [-0.2, -0.15) is 0 Å². The second kappa shape index (κ2) is 11.0. The molecule has 0 fully saturated rings. The van der Waals surface area contributed by atoms with E-state index in [0.29, 0.717) is 18.6 Å². The van der Waals surface area contributed by atoms with Crippen molar-refractivity contribution in [1.29, 1.82) is 0 Å². The minimum atomic E-state index is 0.415. The summed E-state index contributed by atoms with van der Waals surface area (Å²) in [4.78, 5) is 0. The van der Waals surface area contributed by atoms with Crippen LogP contribution in [0.25, 0.3) is 0 Å². The highest BCUT2D eigenvalue weighted by Crippen LogP contribution is 2.32. The fourth-order valence-electron chi connectivity index (χ4n) is 2.24. The third-order valence-corrected chi connectivity index (χ3v) is 3.57. The fourth-order valence-corrected chi connectivity index (χ4v) is 2.24. The van der Waals surface area contributed by atoms with Crippen molar-refractivity contribution in [3.63, 3.8) is 0 Å². The lowest BCUT2D eigenvalue weighted by Crippen LogP contribution is -2.33. The standard InChI is InChI=1S/C14H31NO2/c1-5-7-8-14(6-2,13-15-3)9-10-17-12-11-16-4/h15H,5-13H2,1-4H3. The van der Waals surface area contributed by atoms with Crippen LogP contribution in [-0.4, -0.2) is 40.5 Å². The molecule has 0 spiro atoms. The quantitative estimate of drug-likeness (QED) is 0.536. The average Bonchev–Trinajstić information content (AvgIpc) is 2.35. The van der Waals surface area contributed by atoms with Gasteiger partial charge >= 0.3 is 0 Å². The molecule has 0 bridgehead atoms. The van der Waals surface area contributed by atoms with Crippen molar-refractivity contribution in [2.75, 3.05) is 40.5 Å². The summed E-state index contributed by atoms with van der Waals surface area (Å²) >= 11 is 0. The molecule has 0 aliphatic heterocycles. The lowest BCUT2D eigenvalue weighted by Gasteiger charge is -2.33. The lowest BCUT2D eigenvalue weighted by molar-refractivity contribution is 0.0475. The molecule has 0 saturated carbocycles. The van der Waals surface area contributed by atoms with Crippen molar-refractivity contribution in [2.45, 2.75) is 46.0 Å². The highest BCUT2D eigenvalue weighted by molar-refractivity contribution is 4.79. The van der Waals surface area contributed by atoms with Crippen LogP contribution in [0.2, 0.25) is 0 Å². The predicted molar refractivity (Wildman–Crippen MR) is 73.5 cm³/mol. The first kappa shape index (κ1) is 16.9. The Hall–Kier alpha value is -0.120. The number of unbranched alkanes of at least 4 members (excludes halogenated alkanes) is 1. The lowest BCUT2D eigenvalue weighted by atomic mass is 9.77. The van der Waals surface area contributed by atoms with E-state index in [1.54, 1.807) is 7.11 Å². The molecule has 0 aliphatic carbocycles. The molecule has 1 atom stereocenters. The van der Waals surface area contributed by atoms with Gasteiger partial charge in [0.15, 0.2) is 0 Å². The van der Waals surface area contributed by atoms with Crippen LogP contribution < -0.4 is 5.32 Å². The van der Waals surface area contributed by atoms with Crippen LogP contribution in [0.4, 0.5) is 0 Å². The molecule has 0 aromatic carbocycles. The van der Waals surface area contributed by atoms with E-state index in [0.717, 1.165) is 19.6 Å². The zero-order valence-corrected chi connectivity index (χ0v) is 12.2. The summed E-state index contributed by atoms with van der Waals surface area (Å²) in [6, 6.07) is 0. The molecule has 17 heavy (non-hydrogen) atoms. The van der Waals surface area contributed by atoms with E-state index in [-0.39, 0.29) is 0 Å². The number of nitrogens with one attached hydrogen (secondary N) is 1. The minimum absolute atomic E-state index is 0.415. The van der Waals surface area contributed by atoms with Crippen molar-refractivity contribution >= 4 is 0 Å². The van der Waals surface area contributed by atoms with Gasteiger partial charge in [0.2, 0.25) is 0 Å². The van der Waals surface area contributed by atoms with Crippen LogP contribution in [0, 0.1) is 5.41 Å². The predicted octanol–water partition coefficient (Wildman–Crippen LogP) is 2.85. The Balaban J connectivity index is 3.97. The molecular formula is C14H31NO2. The Labute approximate surface area is 107 Å². The van der Waals surface area contributed by atoms with Crippen LogP contribution in [-0.2, 0) is 9.47 Å². The third-order valence-electron chi connectivity index (χ3n) is 3.57. The minimum Gasteiger partial charge on any atom is -0.382 e. The van der Waals surface area contributed by atoms with Crippen molar-refractivity contribution in [1.82, 2.24) is 5.32 Å². The van der Waals surface area contributed by atoms with E-state index >= 15 is 0 Å². The van der Waals surface area contributed by atoms with Gasteiger partial charge in [0, 0.05) is 20.3 Å². The molecule has 0 aromatic heterocycles. The molecule has 1 N–H and O–H groups in total. The summed E-state index contributed by atoms with van der Waals surface area (Å²) in [7, 11) is 3.75. The maximum Gasteiger partial charge on any atom is 0.0700 e. The summed E-state index contributed by atoms with van der Waals surface area (Å²) in [5.41, 5.74) is 0.415. The van der Waals surface area contributed by atoms with E-state index in [9.17, 15) is 0 Å². The maximum absolute atomic E-state index is 5.60. The van der Waals surface area contributed by atoms with Crippen LogP contribution in [0.5, 0.6) is 0 Å². The number of rotatable bonds is 12. The van der Waals surface area contributed by atoms with Crippen LogP contribution in [0.1, 0.15) is 46.0 Å². The molecule has 0 heterocycles. The first-order chi connectivity index (χ1) is 8.24. The second-order valence-electron chi connectivity index (χ2n) is 4.84. The first-order valence-electron chi connectivity index (χ1n) is 6.96. The van der Waals surface area contributed by atoms with Gasteiger partial charge in [0.05, 0.1) is 13.2 Å². The third kappa shape index (κ3) is 7.74. The van der Waals surface area contributed by atoms with Gasteiger partial charge < -0.3 is 14.8 Å². The van der Waals surface area contributed by atoms with Gasteiger partial charge in [0.1, 0.15) is 0 Å². The highest BCUT2D eigenvalue weighted by Gasteiger charge is 2.26. The molecule has 1 unspecified atom stereocenters. The van der Waals surface area contributed by atoms with Crippen LogP contribution >= 0.6 is 0 Å². The number of ether oxygens (including phenoxy) is 2. The van der Waals surface area contributed by atoms with Gasteiger partial charge in [0.25, 0.3) is 0 Å². The SMILES string of the molecule is CCCCC(CC)(CCOCCOC)CNC. The molecule has 0 aliphatic rings. The summed E-state index contributed by atoms with van der Waals surface area (Å²) in [5, 5.41) is 3.34. The number of hydrogen-bond donors (Lipinski definition) is 1. The largest absolute Gasteiger partial charge is 0.382 e. The zero-order chi connectivity index (χ0) is 13.0. The Bertz CT molecular complexity index is 164. The van der Waals surface area contributed by atoms with Crippen molar-refractivity contribution in [3.8, 4) is 0 Å². The Morgan fingerprint density at radius 2 is 1.82 bits per heavy atom. The van der Waals surface area contributed by atoms with Gasteiger partial charge in [-0.15, -0.1) is 0 Å². The summed E-state index contributed by atoms with van der Waals surface area (Å²) in [6.45, 7) is 7.90. The van der Waals surface area contributed by atoms with E-state index in [4.69, 9.17) is 9.47 Å². The fraction of sp³-hybridized carbons (Fsp3) is 1.00. The molecule has 0 rings (SSSR count). The Morgan fingerprint density at radius 1 is 1.06 bits per heavy atom. The van der Waals surface area contributed by atoms with E-state index in [2.05, 4.69) is 19.2 Å². The molecule has 104 valence electrons. The smallest absolute Gasteiger partial charge is 0.0700 e. The van der Waals surface area contributed by atoms with Gasteiger partial charge in [-0.1, -0.05) is 26.7 Å². The van der Waals surface area contributed by atoms with Crippen molar-refractivity contribution in [2.24, 2.45) is 5.41 Å². The van der Waals surface area contributed by atoms with Gasteiger partial charge in [-0.25, -0.2) is 0 Å². The topological polar surface area (TPSA) is 30.5 Å². The molecule has 0 radical (unpaired) electrons. The molecule has 3 nitrogen and oxygen atoms in total. The monoisotopic (exact) mass is 245 g/mol. The molecule has 0 amide bonds. The zero-order valence-electron chi connectivity index (χ0n) is 12.2. The van der Waals surface area contributed by atoms with E-state index in [1.807, 2.05) is 7.05 Å². The Kier molecular flexibility index (Phi) is 10.9. The van der Waals surface area contributed by atoms with Gasteiger partial charge in [-0.05, 0) is 31.7 Å². The maximum atomic E-state index is 5.60. The van der Waals surface area contributed by atoms with Crippen molar-refractivity contribution < 1.29 is 9.47 Å². The van der Waals surface area contributed by atoms with E-state index in [1.165, 1.54) is 25.7 Å². The van der Waals surface area contributed by atoms with Crippen LogP contribution in [0.15, 0.2) is 0 Å². The number of hydrogen-bond acceptors (Lipinski definition) is 3. The highest BCUT2D eigenvalue weighted by atomic mass is 16.5. The Morgan fingerprint density at radius 3 is 2.35 bits per heavy atom. The molecule has 0 aromatic rings. The average molecular weight is 245 g/mol. The van der Waals surface area contributed by atoms with Gasteiger partial charge in [-0.3, -0.25) is 0 Å². The van der Waals surface area contributed by atoms with E-state index < -0.39 is 0 Å². The van der Waals surface area contributed by atoms with Crippen LogP contribution in [0.3, 0.4) is 0 Å². The molecule has 0 saturated heterocycles. The molecule has 3 heteroatoms. The summed E-state index contributed by atoms with van der Waals surface area (Å²) < 4.78 is 10.6. The summed E-state index contributed by atoms with van der Waals surface area (Å²) in [5.74, 6) is 0. The molecular weight excluding hydrogens is 214 g/mol.